The second-order valence-electron chi connectivity index (χ2n) is 5.97. The molecule has 0 radical (unpaired) electrons. The van der Waals surface area contributed by atoms with Crippen molar-refractivity contribution in [3.05, 3.63) is 45.4 Å². The van der Waals surface area contributed by atoms with Crippen molar-refractivity contribution >= 4 is 29.1 Å². The number of rotatable bonds is 4. The summed E-state index contributed by atoms with van der Waals surface area (Å²) in [5.74, 6) is 0.716. The van der Waals surface area contributed by atoms with Crippen molar-refractivity contribution in [2.24, 2.45) is 0 Å². The molecule has 24 heavy (non-hydrogen) atoms. The van der Waals surface area contributed by atoms with Crippen LogP contribution in [0.25, 0.3) is 0 Å². The Morgan fingerprint density at radius 1 is 1.17 bits per heavy atom. The summed E-state index contributed by atoms with van der Waals surface area (Å²) in [6, 6.07) is 4.19. The third-order valence-electron chi connectivity index (χ3n) is 3.68. The molecule has 1 aromatic heterocycles. The van der Waals surface area contributed by atoms with E-state index in [-0.39, 0.29) is 11.1 Å². The Hall–Kier alpha value is -2.14. The van der Waals surface area contributed by atoms with Crippen LogP contribution in [0.15, 0.2) is 12.1 Å². The Bertz CT molecular complexity index is 767. The van der Waals surface area contributed by atoms with Crippen molar-refractivity contribution in [1.29, 1.82) is 0 Å². The molecular formula is C18H22ClN3O2. The lowest BCUT2D eigenvalue weighted by Crippen LogP contribution is -2.12. The van der Waals surface area contributed by atoms with Crippen LogP contribution < -0.4 is 5.32 Å². The first kappa shape index (κ1) is 18.2. The molecule has 0 fully saturated rings. The van der Waals surface area contributed by atoms with E-state index in [0.717, 1.165) is 16.8 Å². The first-order chi connectivity index (χ1) is 11.2. The smallest absolute Gasteiger partial charge is 0.303 e. The predicted molar refractivity (Wildman–Crippen MR) is 95.9 cm³/mol. The quantitative estimate of drug-likeness (QED) is 0.639. The van der Waals surface area contributed by atoms with Gasteiger partial charge in [0.05, 0.1) is 5.56 Å². The van der Waals surface area contributed by atoms with Gasteiger partial charge in [0.1, 0.15) is 22.9 Å². The van der Waals surface area contributed by atoms with Gasteiger partial charge in [-0.1, -0.05) is 29.3 Å². The molecule has 2 aromatic rings. The van der Waals surface area contributed by atoms with E-state index < -0.39 is 6.10 Å². The largest absolute Gasteiger partial charge is 0.458 e. The number of aryl methyl sites for hydroxylation is 4. The van der Waals surface area contributed by atoms with E-state index in [2.05, 4.69) is 34.3 Å². The zero-order valence-electron chi connectivity index (χ0n) is 14.8. The number of carbonyl (C=O) groups excluding carboxylic acids is 1. The minimum Gasteiger partial charge on any atom is -0.458 e. The van der Waals surface area contributed by atoms with Crippen molar-refractivity contribution in [2.45, 2.75) is 47.6 Å². The van der Waals surface area contributed by atoms with Crippen LogP contribution in [0.4, 0.5) is 11.5 Å². The Kier molecular flexibility index (Phi) is 5.44. The first-order valence-corrected chi connectivity index (χ1v) is 8.13. The maximum absolute atomic E-state index is 11.3. The van der Waals surface area contributed by atoms with Gasteiger partial charge in [0.25, 0.3) is 0 Å². The average molecular weight is 348 g/mol. The number of anilines is 2. The maximum atomic E-state index is 11.3. The molecule has 0 amide bonds. The van der Waals surface area contributed by atoms with Gasteiger partial charge in [0, 0.05) is 12.6 Å². The van der Waals surface area contributed by atoms with E-state index in [1.54, 1.807) is 13.8 Å². The topological polar surface area (TPSA) is 64.1 Å². The van der Waals surface area contributed by atoms with Gasteiger partial charge in [-0.15, -0.1) is 0 Å². The fraction of sp³-hybridized carbons (Fsp3) is 0.389. The van der Waals surface area contributed by atoms with Crippen molar-refractivity contribution in [3.8, 4) is 0 Å². The normalized spacial score (nSPS) is 12.0. The fourth-order valence-electron chi connectivity index (χ4n) is 2.81. The molecule has 1 atom stereocenters. The minimum absolute atomic E-state index is 0.279. The van der Waals surface area contributed by atoms with Crippen molar-refractivity contribution in [2.75, 3.05) is 5.32 Å². The highest BCUT2D eigenvalue weighted by atomic mass is 35.5. The highest BCUT2D eigenvalue weighted by molar-refractivity contribution is 6.30. The Balaban J connectivity index is 2.52. The highest BCUT2D eigenvalue weighted by Gasteiger charge is 2.21. The molecule has 0 spiro atoms. The number of nitrogens with zero attached hydrogens (tertiary/aromatic N) is 2. The second-order valence-corrected chi connectivity index (χ2v) is 6.33. The van der Waals surface area contributed by atoms with Crippen LogP contribution in [0.2, 0.25) is 5.15 Å². The third-order valence-corrected chi connectivity index (χ3v) is 3.97. The summed E-state index contributed by atoms with van der Waals surface area (Å²) >= 11 is 6.30. The van der Waals surface area contributed by atoms with E-state index >= 15 is 0 Å². The van der Waals surface area contributed by atoms with Gasteiger partial charge in [-0.05, 0) is 45.7 Å². The van der Waals surface area contributed by atoms with Crippen molar-refractivity contribution in [3.63, 3.8) is 0 Å². The van der Waals surface area contributed by atoms with Crippen LogP contribution in [0.3, 0.4) is 0 Å². The van der Waals surface area contributed by atoms with E-state index in [1.807, 2.05) is 13.8 Å². The Morgan fingerprint density at radius 3 is 2.29 bits per heavy atom. The molecule has 1 N–H and O–H groups in total. The molecule has 1 unspecified atom stereocenters. The zero-order chi connectivity index (χ0) is 18.0. The lowest BCUT2D eigenvalue weighted by Gasteiger charge is -2.20. The number of halogens is 1. The summed E-state index contributed by atoms with van der Waals surface area (Å²) in [6.45, 7) is 11.0. The SMILES string of the molecule is CC(=O)OC(C)c1c(Cl)nc(C)nc1Nc1c(C)cc(C)cc1C. The van der Waals surface area contributed by atoms with Gasteiger partial charge in [-0.25, -0.2) is 9.97 Å². The molecule has 1 aromatic carbocycles. The predicted octanol–water partition coefficient (Wildman–Crippen LogP) is 4.73. The summed E-state index contributed by atoms with van der Waals surface area (Å²) in [5, 5.41) is 3.62. The first-order valence-electron chi connectivity index (χ1n) is 7.75. The van der Waals surface area contributed by atoms with Crippen LogP contribution in [-0.4, -0.2) is 15.9 Å². The molecular weight excluding hydrogens is 326 g/mol. The van der Waals surface area contributed by atoms with Crippen LogP contribution in [-0.2, 0) is 9.53 Å². The van der Waals surface area contributed by atoms with Crippen LogP contribution in [0, 0.1) is 27.7 Å². The molecule has 128 valence electrons. The summed E-state index contributed by atoms with van der Waals surface area (Å²) in [4.78, 5) is 19.9. The number of benzene rings is 1. The lowest BCUT2D eigenvalue weighted by molar-refractivity contribution is -0.145. The number of hydrogen-bond acceptors (Lipinski definition) is 5. The molecule has 0 aliphatic heterocycles. The minimum atomic E-state index is -0.552. The van der Waals surface area contributed by atoms with Crippen molar-refractivity contribution < 1.29 is 9.53 Å². The maximum Gasteiger partial charge on any atom is 0.303 e. The van der Waals surface area contributed by atoms with E-state index in [9.17, 15) is 4.79 Å². The molecule has 0 aliphatic carbocycles. The average Bonchev–Trinajstić information content (AvgIpc) is 2.40. The number of aromatic nitrogens is 2. The van der Waals surface area contributed by atoms with E-state index in [1.165, 1.54) is 12.5 Å². The van der Waals surface area contributed by atoms with Gasteiger partial charge in [-0.3, -0.25) is 4.79 Å². The number of esters is 1. The lowest BCUT2D eigenvalue weighted by atomic mass is 10.0. The van der Waals surface area contributed by atoms with Crippen molar-refractivity contribution in [1.82, 2.24) is 9.97 Å². The van der Waals surface area contributed by atoms with Crippen LogP contribution >= 0.6 is 11.6 Å². The van der Waals surface area contributed by atoms with Crippen LogP contribution in [0.1, 0.15) is 48.0 Å². The second kappa shape index (κ2) is 7.18. The van der Waals surface area contributed by atoms with E-state index in [4.69, 9.17) is 16.3 Å². The molecule has 6 heteroatoms. The molecule has 0 saturated heterocycles. The fourth-order valence-corrected chi connectivity index (χ4v) is 3.17. The number of carbonyl (C=O) groups is 1. The summed E-state index contributed by atoms with van der Waals surface area (Å²) < 4.78 is 5.27. The van der Waals surface area contributed by atoms with Gasteiger partial charge >= 0.3 is 5.97 Å². The molecule has 0 aliphatic rings. The molecule has 0 saturated carbocycles. The monoisotopic (exact) mass is 347 g/mol. The summed E-state index contributed by atoms with van der Waals surface area (Å²) in [6.07, 6.45) is -0.552. The van der Waals surface area contributed by atoms with Gasteiger partial charge in [0.2, 0.25) is 0 Å². The molecule has 1 heterocycles. The highest BCUT2D eigenvalue weighted by Crippen LogP contribution is 2.34. The molecule has 2 rings (SSSR count). The molecule has 5 nitrogen and oxygen atoms in total. The Morgan fingerprint density at radius 2 is 1.75 bits per heavy atom. The standard InChI is InChI=1S/C18H22ClN3O2/c1-9-7-10(2)16(11(3)8-9)22-18-15(12(4)24-14(6)23)17(19)20-13(5)21-18/h7-8,12H,1-6H3,(H,20,21,22). The van der Waals surface area contributed by atoms with E-state index in [0.29, 0.717) is 17.2 Å². The van der Waals surface area contributed by atoms with Gasteiger partial charge in [0.15, 0.2) is 0 Å². The van der Waals surface area contributed by atoms with Gasteiger partial charge < -0.3 is 10.1 Å². The summed E-state index contributed by atoms with van der Waals surface area (Å²) in [5.41, 5.74) is 4.93. The molecule has 0 bridgehead atoms. The summed E-state index contributed by atoms with van der Waals surface area (Å²) in [7, 11) is 0. The number of hydrogen-bond donors (Lipinski definition) is 1. The van der Waals surface area contributed by atoms with Crippen LogP contribution in [0.5, 0.6) is 0 Å². The zero-order valence-corrected chi connectivity index (χ0v) is 15.6. The van der Waals surface area contributed by atoms with Gasteiger partial charge in [-0.2, -0.15) is 0 Å². The number of ether oxygens (including phenoxy) is 1. The Labute approximate surface area is 147 Å². The third kappa shape index (κ3) is 4.03. The number of nitrogens with one attached hydrogen (secondary N) is 1.